The fraction of sp³-hybridized carbons (Fsp3) is 0.214. The lowest BCUT2D eigenvalue weighted by Gasteiger charge is -2.01. The summed E-state index contributed by atoms with van der Waals surface area (Å²) in [7, 11) is 0. The number of aromatic nitrogens is 3. The fourth-order valence-electron chi connectivity index (χ4n) is 2.00. The van der Waals surface area contributed by atoms with Crippen LogP contribution < -0.4 is 5.56 Å². The number of benzene rings is 1. The summed E-state index contributed by atoms with van der Waals surface area (Å²) in [5, 5.41) is 4.80. The molecule has 2 aromatic heterocycles. The van der Waals surface area contributed by atoms with Gasteiger partial charge in [0, 0.05) is 11.9 Å². The minimum Gasteiger partial charge on any atom is -0.339 e. The number of fused-ring (bicyclic) bond motifs is 1. The van der Waals surface area contributed by atoms with Gasteiger partial charge in [0.25, 0.3) is 5.56 Å². The van der Waals surface area contributed by atoms with Gasteiger partial charge in [-0.1, -0.05) is 23.7 Å². The zero-order chi connectivity index (χ0) is 13.4. The third-order valence-electron chi connectivity index (χ3n) is 3.01. The molecule has 0 amide bonds. The van der Waals surface area contributed by atoms with E-state index in [2.05, 4.69) is 15.1 Å². The standard InChI is InChI=1S/C14H13N3O2/c1-3-12-16-13(17-19-12)10-7-9-6-8(2)4-5-11(9)15-14(10)18/h4-7H,3H2,1-2H3,(H,15,18). The molecule has 0 aliphatic heterocycles. The zero-order valence-corrected chi connectivity index (χ0v) is 10.7. The van der Waals surface area contributed by atoms with E-state index >= 15 is 0 Å². The van der Waals surface area contributed by atoms with E-state index in [0.29, 0.717) is 23.7 Å². The number of hydrogen-bond acceptors (Lipinski definition) is 4. The lowest BCUT2D eigenvalue weighted by Crippen LogP contribution is -2.09. The van der Waals surface area contributed by atoms with Gasteiger partial charge in [-0.25, -0.2) is 0 Å². The van der Waals surface area contributed by atoms with Crippen LogP contribution in [-0.4, -0.2) is 15.1 Å². The Labute approximate surface area is 109 Å². The van der Waals surface area contributed by atoms with Crippen LogP contribution in [0.25, 0.3) is 22.3 Å². The van der Waals surface area contributed by atoms with E-state index in [1.165, 1.54) is 0 Å². The van der Waals surface area contributed by atoms with Gasteiger partial charge in [-0.3, -0.25) is 4.79 Å². The average molecular weight is 255 g/mol. The summed E-state index contributed by atoms with van der Waals surface area (Å²) in [6.45, 7) is 3.93. The van der Waals surface area contributed by atoms with Crippen LogP contribution in [0.4, 0.5) is 0 Å². The predicted octanol–water partition coefficient (Wildman–Crippen LogP) is 2.45. The molecule has 0 spiro atoms. The molecule has 0 saturated heterocycles. The quantitative estimate of drug-likeness (QED) is 0.763. The number of aromatic amines is 1. The molecule has 5 nitrogen and oxygen atoms in total. The van der Waals surface area contributed by atoms with Gasteiger partial charge in [0.15, 0.2) is 0 Å². The van der Waals surface area contributed by atoms with E-state index in [4.69, 9.17) is 4.52 Å². The van der Waals surface area contributed by atoms with E-state index in [1.54, 1.807) is 6.07 Å². The van der Waals surface area contributed by atoms with Crippen molar-refractivity contribution in [2.45, 2.75) is 20.3 Å². The van der Waals surface area contributed by atoms with Gasteiger partial charge in [-0.15, -0.1) is 0 Å². The van der Waals surface area contributed by atoms with Gasteiger partial charge < -0.3 is 9.51 Å². The lowest BCUT2D eigenvalue weighted by molar-refractivity contribution is 0.382. The molecule has 3 aromatic rings. The number of hydrogen-bond donors (Lipinski definition) is 1. The maximum Gasteiger partial charge on any atom is 0.259 e. The van der Waals surface area contributed by atoms with Crippen molar-refractivity contribution in [2.24, 2.45) is 0 Å². The highest BCUT2D eigenvalue weighted by atomic mass is 16.5. The summed E-state index contributed by atoms with van der Waals surface area (Å²) in [4.78, 5) is 19.1. The summed E-state index contributed by atoms with van der Waals surface area (Å²) >= 11 is 0. The monoisotopic (exact) mass is 255 g/mol. The third-order valence-corrected chi connectivity index (χ3v) is 3.01. The Morgan fingerprint density at radius 2 is 2.16 bits per heavy atom. The SMILES string of the molecule is CCc1nc(-c2cc3cc(C)ccc3[nH]c2=O)no1. The maximum atomic E-state index is 12.0. The Kier molecular flexibility index (Phi) is 2.67. The minimum absolute atomic E-state index is 0.209. The third kappa shape index (κ3) is 2.03. The number of pyridine rings is 1. The predicted molar refractivity (Wildman–Crippen MR) is 72.0 cm³/mol. The molecule has 2 heterocycles. The van der Waals surface area contributed by atoms with Gasteiger partial charge in [0.2, 0.25) is 11.7 Å². The van der Waals surface area contributed by atoms with Crippen molar-refractivity contribution >= 4 is 10.9 Å². The number of H-pyrrole nitrogens is 1. The van der Waals surface area contributed by atoms with Crippen molar-refractivity contribution in [1.82, 2.24) is 15.1 Å². The van der Waals surface area contributed by atoms with Gasteiger partial charge in [0.1, 0.15) is 0 Å². The van der Waals surface area contributed by atoms with E-state index in [-0.39, 0.29) is 5.56 Å². The largest absolute Gasteiger partial charge is 0.339 e. The molecule has 0 aliphatic rings. The first-order valence-corrected chi connectivity index (χ1v) is 6.14. The number of rotatable bonds is 2. The Morgan fingerprint density at radius 3 is 2.89 bits per heavy atom. The summed E-state index contributed by atoms with van der Waals surface area (Å²) in [6, 6.07) is 7.66. The molecule has 19 heavy (non-hydrogen) atoms. The highest BCUT2D eigenvalue weighted by molar-refractivity contribution is 5.82. The molecule has 1 aromatic carbocycles. The van der Waals surface area contributed by atoms with E-state index in [1.807, 2.05) is 32.0 Å². The van der Waals surface area contributed by atoms with Gasteiger partial charge in [-0.2, -0.15) is 4.98 Å². The molecule has 0 fully saturated rings. The van der Waals surface area contributed by atoms with Crippen LogP contribution in [0.5, 0.6) is 0 Å². The fourth-order valence-corrected chi connectivity index (χ4v) is 2.00. The van der Waals surface area contributed by atoms with Gasteiger partial charge in [0.05, 0.1) is 5.56 Å². The molecular formula is C14H13N3O2. The van der Waals surface area contributed by atoms with E-state index in [9.17, 15) is 4.79 Å². The van der Waals surface area contributed by atoms with Crippen LogP contribution in [0, 0.1) is 6.92 Å². The Balaban J connectivity index is 2.23. The van der Waals surface area contributed by atoms with Gasteiger partial charge in [-0.05, 0) is 30.5 Å². The van der Waals surface area contributed by atoms with Crippen LogP contribution in [0.1, 0.15) is 18.4 Å². The second-order valence-electron chi connectivity index (χ2n) is 4.47. The van der Waals surface area contributed by atoms with E-state index < -0.39 is 0 Å². The summed E-state index contributed by atoms with van der Waals surface area (Å²) in [6.07, 6.45) is 0.650. The smallest absolute Gasteiger partial charge is 0.259 e. The minimum atomic E-state index is -0.209. The van der Waals surface area contributed by atoms with Crippen molar-refractivity contribution in [3.05, 3.63) is 46.1 Å². The summed E-state index contributed by atoms with van der Waals surface area (Å²) in [5.41, 5.74) is 2.16. The highest BCUT2D eigenvalue weighted by Crippen LogP contribution is 2.18. The van der Waals surface area contributed by atoms with E-state index in [0.717, 1.165) is 16.5 Å². The zero-order valence-electron chi connectivity index (χ0n) is 10.7. The van der Waals surface area contributed by atoms with Crippen LogP contribution >= 0.6 is 0 Å². The van der Waals surface area contributed by atoms with Crippen molar-refractivity contribution in [2.75, 3.05) is 0 Å². The summed E-state index contributed by atoms with van der Waals surface area (Å²) < 4.78 is 5.05. The number of aryl methyl sites for hydroxylation is 2. The molecule has 1 N–H and O–H groups in total. The molecule has 0 saturated carbocycles. The van der Waals surface area contributed by atoms with Gasteiger partial charge >= 0.3 is 0 Å². The normalized spacial score (nSPS) is 11.1. The van der Waals surface area contributed by atoms with Crippen molar-refractivity contribution in [3.8, 4) is 11.4 Å². The molecule has 0 aliphatic carbocycles. The second-order valence-corrected chi connectivity index (χ2v) is 4.47. The summed E-state index contributed by atoms with van der Waals surface area (Å²) in [5.74, 6) is 0.861. The first-order valence-electron chi connectivity index (χ1n) is 6.14. The molecule has 0 unspecified atom stereocenters. The van der Waals surface area contributed by atoms with Crippen LogP contribution in [0.2, 0.25) is 0 Å². The number of nitrogens with one attached hydrogen (secondary N) is 1. The highest BCUT2D eigenvalue weighted by Gasteiger charge is 2.12. The molecule has 0 radical (unpaired) electrons. The Bertz CT molecular complexity index is 802. The first kappa shape index (κ1) is 11.6. The Morgan fingerprint density at radius 1 is 1.32 bits per heavy atom. The molecule has 0 bridgehead atoms. The molecular weight excluding hydrogens is 242 g/mol. The lowest BCUT2D eigenvalue weighted by atomic mass is 10.1. The van der Waals surface area contributed by atoms with Crippen LogP contribution in [0.15, 0.2) is 33.6 Å². The Hall–Kier alpha value is -2.43. The first-order chi connectivity index (χ1) is 9.17. The molecule has 96 valence electrons. The van der Waals surface area contributed by atoms with Crippen molar-refractivity contribution in [1.29, 1.82) is 0 Å². The van der Waals surface area contributed by atoms with Crippen LogP contribution in [0.3, 0.4) is 0 Å². The maximum absolute atomic E-state index is 12.0. The average Bonchev–Trinajstić information content (AvgIpc) is 2.87. The molecule has 0 atom stereocenters. The second kappa shape index (κ2) is 4.35. The molecule has 5 heteroatoms. The molecule has 3 rings (SSSR count). The topological polar surface area (TPSA) is 71.8 Å². The van der Waals surface area contributed by atoms with Crippen molar-refractivity contribution < 1.29 is 4.52 Å². The van der Waals surface area contributed by atoms with Crippen LogP contribution in [-0.2, 0) is 6.42 Å². The van der Waals surface area contributed by atoms with Crippen molar-refractivity contribution in [3.63, 3.8) is 0 Å². The number of nitrogens with zero attached hydrogens (tertiary/aromatic N) is 2.